The molecule has 0 atom stereocenters. The van der Waals surface area contributed by atoms with Gasteiger partial charge in [0.15, 0.2) is 10.9 Å². The van der Waals surface area contributed by atoms with E-state index in [-0.39, 0.29) is 43.6 Å². The highest BCUT2D eigenvalue weighted by Gasteiger charge is 2.23. The second-order valence-electron chi connectivity index (χ2n) is 8.42. The van der Waals surface area contributed by atoms with E-state index in [1.165, 1.54) is 0 Å². The molecule has 0 aliphatic rings. The monoisotopic (exact) mass is 476 g/mol. The van der Waals surface area contributed by atoms with Crippen LogP contribution in [-0.4, -0.2) is 8.80 Å². The first kappa shape index (κ1) is 9.25. The van der Waals surface area contributed by atoms with E-state index in [1.54, 1.807) is 0 Å². The minimum Gasteiger partial charge on any atom is -0.308 e. The van der Waals surface area contributed by atoms with Crippen LogP contribution in [-0.2, 0) is 0 Å². The first-order valence-electron chi connectivity index (χ1n) is 18.7. The molecular formula is C32H16N2O2. The molecule has 4 heteroatoms. The number of hydrogen-bond donors (Lipinski definition) is 0. The summed E-state index contributed by atoms with van der Waals surface area (Å²) in [5.74, 6) is 0. The molecule has 9 aromatic rings. The minimum absolute atomic E-state index is 0.212. The number of pyridine rings is 2. The average Bonchev–Trinajstić information content (AvgIpc) is 3.64. The van der Waals surface area contributed by atoms with Crippen LogP contribution >= 0.6 is 0 Å². The fourth-order valence-electron chi connectivity index (χ4n) is 5.44. The molecule has 4 heterocycles. The van der Waals surface area contributed by atoms with Crippen LogP contribution in [0.4, 0.5) is 0 Å². The second kappa shape index (κ2) is 5.99. The van der Waals surface area contributed by atoms with Gasteiger partial charge in [0, 0.05) is 43.1 Å². The smallest absolute Gasteiger partial charge is 0.197 e. The zero-order valence-electron chi connectivity index (χ0n) is 33.7. The molecule has 0 aliphatic carbocycles. The summed E-state index contributed by atoms with van der Waals surface area (Å²) in [7, 11) is 0. The van der Waals surface area contributed by atoms with Crippen molar-refractivity contribution in [3.05, 3.63) is 117 Å². The van der Waals surface area contributed by atoms with Crippen molar-refractivity contribution < 1.29 is 21.9 Å². The van der Waals surface area contributed by atoms with Crippen LogP contribution in [0.15, 0.2) is 106 Å². The molecule has 9 rings (SSSR count). The topological polar surface area (TPSA) is 43.0 Å². The third-order valence-electron chi connectivity index (χ3n) is 6.81. The van der Waals surface area contributed by atoms with Crippen molar-refractivity contribution in [2.75, 3.05) is 0 Å². The second-order valence-corrected chi connectivity index (χ2v) is 8.42. The Bertz CT molecular complexity index is 3180. The maximum absolute atomic E-state index is 14.2. The Kier molecular flexibility index (Phi) is 1.54. The van der Waals surface area contributed by atoms with Gasteiger partial charge in [-0.3, -0.25) is 9.59 Å². The molecule has 0 saturated heterocycles. The van der Waals surface area contributed by atoms with Crippen molar-refractivity contribution in [1.82, 2.24) is 8.80 Å². The summed E-state index contributed by atoms with van der Waals surface area (Å²) in [6.45, 7) is 0. The summed E-state index contributed by atoms with van der Waals surface area (Å²) < 4.78 is 142. The molecule has 166 valence electrons. The Morgan fingerprint density at radius 3 is 1.28 bits per heavy atom. The van der Waals surface area contributed by atoms with E-state index >= 15 is 0 Å². The molecule has 0 saturated carbocycles. The summed E-state index contributed by atoms with van der Waals surface area (Å²) in [6.07, 6.45) is 0. The lowest BCUT2D eigenvalue weighted by molar-refractivity contribution is 1.33. The summed E-state index contributed by atoms with van der Waals surface area (Å²) in [5.41, 5.74) is -4.22. The molecule has 36 heavy (non-hydrogen) atoms. The molecule has 0 spiro atoms. The highest BCUT2D eigenvalue weighted by atomic mass is 16.1. The van der Waals surface area contributed by atoms with Crippen LogP contribution in [0.1, 0.15) is 21.9 Å². The van der Waals surface area contributed by atoms with Crippen LogP contribution in [0.25, 0.3) is 76.2 Å². The van der Waals surface area contributed by atoms with Gasteiger partial charge in [-0.1, -0.05) is 48.3 Å². The summed E-state index contributed by atoms with van der Waals surface area (Å²) in [5, 5.41) is -3.19. The molecule has 4 nitrogen and oxygen atoms in total. The van der Waals surface area contributed by atoms with E-state index in [1.807, 2.05) is 0 Å². The van der Waals surface area contributed by atoms with E-state index in [0.29, 0.717) is 0 Å². The van der Waals surface area contributed by atoms with Gasteiger partial charge in [0.05, 0.1) is 55.0 Å². The first-order chi connectivity index (χ1) is 24.4. The van der Waals surface area contributed by atoms with E-state index in [9.17, 15) is 12.3 Å². The van der Waals surface area contributed by atoms with Gasteiger partial charge in [-0.15, -0.1) is 0 Å². The van der Waals surface area contributed by atoms with Crippen molar-refractivity contribution in [2.45, 2.75) is 0 Å². The van der Waals surface area contributed by atoms with Crippen LogP contribution in [0.2, 0.25) is 0 Å². The van der Waals surface area contributed by atoms with Crippen molar-refractivity contribution in [2.24, 2.45) is 0 Å². The Morgan fingerprint density at radius 2 is 0.806 bits per heavy atom. The normalized spacial score (nSPS) is 18.9. The fourth-order valence-corrected chi connectivity index (χ4v) is 5.44. The Morgan fingerprint density at radius 1 is 0.417 bits per heavy atom. The number of nitrogens with zero attached hydrogens (tertiary/aromatic N) is 2. The van der Waals surface area contributed by atoms with Gasteiger partial charge < -0.3 is 8.80 Å². The lowest BCUT2D eigenvalue weighted by atomic mass is 10.0. The molecule has 4 aromatic heterocycles. The molecule has 0 radical (unpaired) electrons. The molecule has 0 aliphatic heterocycles. The van der Waals surface area contributed by atoms with Gasteiger partial charge in [0.1, 0.15) is 0 Å². The van der Waals surface area contributed by atoms with Crippen molar-refractivity contribution in [1.29, 1.82) is 0 Å². The number of hydrogen-bond acceptors (Lipinski definition) is 2. The maximum Gasteiger partial charge on any atom is 0.197 e. The number of aromatic nitrogens is 2. The zero-order chi connectivity index (χ0) is 37.6. The first-order valence-corrected chi connectivity index (χ1v) is 10.7. The molecule has 0 fully saturated rings. The zero-order valence-corrected chi connectivity index (χ0v) is 17.7. The molecule has 0 amide bonds. The highest BCUT2D eigenvalue weighted by molar-refractivity contribution is 6.32. The van der Waals surface area contributed by atoms with Crippen LogP contribution in [0, 0.1) is 0 Å². The van der Waals surface area contributed by atoms with Crippen LogP contribution in [0.5, 0.6) is 0 Å². The average molecular weight is 477 g/mol. The standard InChI is InChI=1S/C32H16N2O2/c35-31-17-7-1-3-13-23(17)33-25-15-16-26-28(27(25)19-9-5-11-21(31)29(19)33)20-10-6-12-22-30(20)34(26)24-14-4-2-8-18(24)32(22)36/h1-16H/i1D,2D,3D,4D,5D,6D,7D,8D,9D,10D,11D,12D,13D,14D,15D,16D. The fraction of sp³-hybridized carbons (Fsp3) is 0. The Hall–Kier alpha value is -4.96. The predicted molar refractivity (Wildman–Crippen MR) is 148 cm³/mol. The van der Waals surface area contributed by atoms with Gasteiger partial charge in [0.2, 0.25) is 0 Å². The molecule has 0 unspecified atom stereocenters. The van der Waals surface area contributed by atoms with E-state index in [0.717, 1.165) is 8.80 Å². The number of para-hydroxylation sites is 4. The molecule has 5 aromatic carbocycles. The van der Waals surface area contributed by atoms with Gasteiger partial charge in [0.25, 0.3) is 0 Å². The maximum atomic E-state index is 14.2. The minimum atomic E-state index is -1.05. The SMILES string of the molecule is [2H]c1c([2H])c([2H])c2c(c1[2H])c(=O)c1c([2H])c([2H])c([2H])c3c4c5c6c([2H])c([2H])c([2H])c7c(=O)c8c([2H])c([2H])c([2H])c([2H])c8n(c5c([2H])c([2H])c4n2c13)c76. The molecule has 0 bridgehead atoms. The van der Waals surface area contributed by atoms with E-state index in [2.05, 4.69) is 0 Å². The van der Waals surface area contributed by atoms with Gasteiger partial charge in [-0.05, 0) is 48.3 Å². The van der Waals surface area contributed by atoms with Gasteiger partial charge in [-0.25, -0.2) is 0 Å². The van der Waals surface area contributed by atoms with Crippen LogP contribution < -0.4 is 10.9 Å². The highest BCUT2D eigenvalue weighted by Crippen LogP contribution is 2.42. The number of benzene rings is 5. The summed E-state index contributed by atoms with van der Waals surface area (Å²) in [4.78, 5) is 28.3. The quantitative estimate of drug-likeness (QED) is 0.228. The van der Waals surface area contributed by atoms with Crippen molar-refractivity contribution >= 4 is 76.2 Å². The van der Waals surface area contributed by atoms with E-state index < -0.39 is 140 Å². The molecular weight excluding hydrogens is 444 g/mol. The van der Waals surface area contributed by atoms with Gasteiger partial charge >= 0.3 is 0 Å². The number of fused-ring (bicyclic) bond motifs is 11. The molecule has 0 N–H and O–H groups in total. The van der Waals surface area contributed by atoms with Crippen molar-refractivity contribution in [3.63, 3.8) is 0 Å². The van der Waals surface area contributed by atoms with Crippen LogP contribution in [0.3, 0.4) is 0 Å². The van der Waals surface area contributed by atoms with E-state index in [4.69, 9.17) is 19.2 Å². The van der Waals surface area contributed by atoms with Crippen molar-refractivity contribution in [3.8, 4) is 0 Å². The number of rotatable bonds is 0. The largest absolute Gasteiger partial charge is 0.308 e. The Labute approximate surface area is 225 Å². The predicted octanol–water partition coefficient (Wildman–Crippen LogP) is 6.71. The lowest BCUT2D eigenvalue weighted by Crippen LogP contribution is -2.06. The summed E-state index contributed by atoms with van der Waals surface area (Å²) >= 11 is 0. The summed E-state index contributed by atoms with van der Waals surface area (Å²) in [6, 6.07) is -11.7. The third-order valence-corrected chi connectivity index (χ3v) is 6.81. The van der Waals surface area contributed by atoms with Gasteiger partial charge in [-0.2, -0.15) is 0 Å². The lowest BCUT2D eigenvalue weighted by Gasteiger charge is -2.07. The third kappa shape index (κ3) is 1.89. The Balaban J connectivity index is 1.81.